The number of halogens is 1. The first-order chi connectivity index (χ1) is 11.7. The normalized spacial score (nSPS) is 10.6. The molecule has 25 heavy (non-hydrogen) atoms. The van der Waals surface area contributed by atoms with Crippen LogP contribution in [0.4, 0.5) is 5.69 Å². The molecule has 0 aliphatic rings. The fourth-order valence-corrected chi connectivity index (χ4v) is 2.65. The summed E-state index contributed by atoms with van der Waals surface area (Å²) < 4.78 is 6.41. The van der Waals surface area contributed by atoms with Crippen molar-refractivity contribution in [3.05, 3.63) is 49.7 Å². The number of esters is 1. The SMILES string of the molecule is CCn1ncc(C(=O)c2cc(C)c(Cl)c(C)c2[N+](=O)[O-])c1OC(C)=O. The highest BCUT2D eigenvalue weighted by atomic mass is 35.5. The van der Waals surface area contributed by atoms with Crippen LogP contribution in [0.2, 0.25) is 5.02 Å². The van der Waals surface area contributed by atoms with Gasteiger partial charge in [-0.05, 0) is 32.4 Å². The Labute approximate surface area is 148 Å². The lowest BCUT2D eigenvalue weighted by molar-refractivity contribution is -0.385. The summed E-state index contributed by atoms with van der Waals surface area (Å²) in [4.78, 5) is 35.1. The monoisotopic (exact) mass is 365 g/mol. The molecule has 0 radical (unpaired) electrons. The Morgan fingerprint density at radius 3 is 2.52 bits per heavy atom. The molecule has 9 heteroatoms. The van der Waals surface area contributed by atoms with E-state index in [9.17, 15) is 19.7 Å². The van der Waals surface area contributed by atoms with Crippen LogP contribution in [0.25, 0.3) is 0 Å². The molecule has 1 aromatic heterocycles. The number of hydrogen-bond donors (Lipinski definition) is 0. The number of aromatic nitrogens is 2. The second-order valence-corrected chi connectivity index (χ2v) is 5.77. The van der Waals surface area contributed by atoms with Gasteiger partial charge < -0.3 is 4.74 Å². The number of carbonyl (C=O) groups excluding carboxylic acids is 2. The van der Waals surface area contributed by atoms with Gasteiger partial charge in [0.1, 0.15) is 11.1 Å². The zero-order valence-corrected chi connectivity index (χ0v) is 14.9. The molecule has 1 aromatic carbocycles. The lowest BCUT2D eigenvalue weighted by atomic mass is 9.98. The molecule has 0 unspecified atom stereocenters. The zero-order chi connectivity index (χ0) is 18.9. The van der Waals surface area contributed by atoms with Crippen LogP contribution in [0.5, 0.6) is 5.88 Å². The minimum Gasteiger partial charge on any atom is -0.407 e. The van der Waals surface area contributed by atoms with Crippen molar-refractivity contribution in [3.8, 4) is 5.88 Å². The Balaban J connectivity index is 2.69. The third-order valence-electron chi connectivity index (χ3n) is 3.65. The lowest BCUT2D eigenvalue weighted by Crippen LogP contribution is -2.13. The Hall–Kier alpha value is -2.74. The minimum atomic E-state index is -0.662. The molecule has 0 amide bonds. The molecule has 0 aliphatic carbocycles. The molecular formula is C16H16ClN3O5. The summed E-state index contributed by atoms with van der Waals surface area (Å²) in [5, 5.41) is 15.7. The van der Waals surface area contributed by atoms with E-state index in [0.29, 0.717) is 12.1 Å². The molecule has 0 atom stereocenters. The van der Waals surface area contributed by atoms with Gasteiger partial charge in [0.05, 0.1) is 16.1 Å². The fourth-order valence-electron chi connectivity index (χ4n) is 2.50. The van der Waals surface area contributed by atoms with Crippen molar-refractivity contribution in [2.45, 2.75) is 34.2 Å². The summed E-state index contributed by atoms with van der Waals surface area (Å²) in [6.45, 7) is 6.44. The van der Waals surface area contributed by atoms with Gasteiger partial charge in [-0.3, -0.25) is 19.7 Å². The summed E-state index contributed by atoms with van der Waals surface area (Å²) >= 11 is 6.07. The van der Waals surface area contributed by atoms with Gasteiger partial charge >= 0.3 is 5.97 Å². The van der Waals surface area contributed by atoms with Crippen molar-refractivity contribution >= 4 is 29.0 Å². The number of nitrogens with zero attached hydrogens (tertiary/aromatic N) is 3. The van der Waals surface area contributed by atoms with Crippen LogP contribution in [0.15, 0.2) is 12.3 Å². The number of nitro groups is 1. The molecule has 0 N–H and O–H groups in total. The summed E-state index contributed by atoms with van der Waals surface area (Å²) in [5.41, 5.74) is 0.199. The van der Waals surface area contributed by atoms with Crippen molar-refractivity contribution < 1.29 is 19.2 Å². The molecule has 2 rings (SSSR count). The predicted molar refractivity (Wildman–Crippen MR) is 90.2 cm³/mol. The first-order valence-corrected chi connectivity index (χ1v) is 7.79. The van der Waals surface area contributed by atoms with Gasteiger partial charge in [-0.1, -0.05) is 11.6 Å². The topological polar surface area (TPSA) is 104 Å². The summed E-state index contributed by atoms with van der Waals surface area (Å²) in [6, 6.07) is 1.36. The third kappa shape index (κ3) is 3.39. The van der Waals surface area contributed by atoms with E-state index in [1.165, 1.54) is 30.8 Å². The highest BCUT2D eigenvalue weighted by Crippen LogP contribution is 2.35. The Morgan fingerprint density at radius 1 is 1.36 bits per heavy atom. The van der Waals surface area contributed by atoms with Crippen molar-refractivity contribution in [1.82, 2.24) is 9.78 Å². The molecule has 0 saturated heterocycles. The number of ketones is 1. The van der Waals surface area contributed by atoms with Crippen LogP contribution in [0, 0.1) is 24.0 Å². The van der Waals surface area contributed by atoms with Crippen LogP contribution < -0.4 is 4.74 Å². The molecule has 0 saturated carbocycles. The second-order valence-electron chi connectivity index (χ2n) is 5.39. The number of rotatable bonds is 5. The number of nitro benzene ring substituents is 1. The number of hydrogen-bond acceptors (Lipinski definition) is 6. The van der Waals surface area contributed by atoms with E-state index < -0.39 is 16.7 Å². The number of ether oxygens (including phenoxy) is 1. The molecule has 0 aliphatic heterocycles. The number of aryl methyl sites for hydroxylation is 2. The van der Waals surface area contributed by atoms with Gasteiger partial charge in [-0.25, -0.2) is 4.68 Å². The summed E-state index contributed by atoms with van der Waals surface area (Å²) in [7, 11) is 0. The Morgan fingerprint density at radius 2 is 2.00 bits per heavy atom. The molecular weight excluding hydrogens is 350 g/mol. The van der Waals surface area contributed by atoms with Crippen LogP contribution in [-0.4, -0.2) is 26.5 Å². The van der Waals surface area contributed by atoms with Gasteiger partial charge in [0, 0.05) is 19.0 Å². The zero-order valence-electron chi connectivity index (χ0n) is 14.1. The largest absolute Gasteiger partial charge is 0.407 e. The Kier molecular flexibility index (Phi) is 5.22. The van der Waals surface area contributed by atoms with Gasteiger partial charge in [0.15, 0.2) is 0 Å². The van der Waals surface area contributed by atoms with E-state index in [1.54, 1.807) is 13.8 Å². The van der Waals surface area contributed by atoms with Crippen LogP contribution in [0.1, 0.15) is 40.9 Å². The smallest absolute Gasteiger partial charge is 0.309 e. The van der Waals surface area contributed by atoms with Crippen molar-refractivity contribution in [2.24, 2.45) is 0 Å². The lowest BCUT2D eigenvalue weighted by Gasteiger charge is -2.10. The summed E-state index contributed by atoms with van der Waals surface area (Å²) in [6.07, 6.45) is 1.23. The second kappa shape index (κ2) is 7.02. The summed E-state index contributed by atoms with van der Waals surface area (Å²) in [5.74, 6) is -1.33. The van der Waals surface area contributed by atoms with E-state index in [2.05, 4.69) is 5.10 Å². The van der Waals surface area contributed by atoms with Crippen LogP contribution in [0.3, 0.4) is 0 Å². The van der Waals surface area contributed by atoms with E-state index >= 15 is 0 Å². The van der Waals surface area contributed by atoms with E-state index in [4.69, 9.17) is 16.3 Å². The number of carbonyl (C=O) groups is 2. The van der Waals surface area contributed by atoms with E-state index in [-0.39, 0.29) is 33.3 Å². The first-order valence-electron chi connectivity index (χ1n) is 7.42. The maximum absolute atomic E-state index is 12.9. The van der Waals surface area contributed by atoms with E-state index in [1.807, 2.05) is 0 Å². The highest BCUT2D eigenvalue weighted by Gasteiger charge is 2.30. The Bertz CT molecular complexity index is 888. The van der Waals surface area contributed by atoms with Crippen molar-refractivity contribution in [2.75, 3.05) is 0 Å². The highest BCUT2D eigenvalue weighted by molar-refractivity contribution is 6.32. The van der Waals surface area contributed by atoms with Crippen LogP contribution >= 0.6 is 11.6 Å². The predicted octanol–water partition coefficient (Wildman–Crippen LogP) is 3.24. The van der Waals surface area contributed by atoms with E-state index in [0.717, 1.165) is 0 Å². The molecule has 1 heterocycles. The van der Waals surface area contributed by atoms with Gasteiger partial charge in [-0.2, -0.15) is 5.10 Å². The molecule has 0 spiro atoms. The maximum atomic E-state index is 12.9. The minimum absolute atomic E-state index is 0.0266. The van der Waals surface area contributed by atoms with Gasteiger partial charge in [0.2, 0.25) is 11.7 Å². The van der Waals surface area contributed by atoms with Gasteiger partial charge in [0.25, 0.3) is 5.69 Å². The number of benzene rings is 1. The average molecular weight is 366 g/mol. The quantitative estimate of drug-likeness (QED) is 0.348. The molecule has 132 valence electrons. The van der Waals surface area contributed by atoms with Gasteiger partial charge in [-0.15, -0.1) is 0 Å². The molecule has 2 aromatic rings. The van der Waals surface area contributed by atoms with Crippen molar-refractivity contribution in [1.29, 1.82) is 0 Å². The molecule has 0 bridgehead atoms. The van der Waals surface area contributed by atoms with Crippen molar-refractivity contribution in [3.63, 3.8) is 0 Å². The standard InChI is InChI=1S/C16H16ClN3O5/c1-5-19-16(25-10(4)21)12(7-18-19)15(22)11-6-8(2)13(17)9(3)14(11)20(23)24/h6-7H,5H2,1-4H3. The molecule has 0 fully saturated rings. The first kappa shape index (κ1) is 18.6. The van der Waals surface area contributed by atoms with Crippen LogP contribution in [-0.2, 0) is 11.3 Å². The third-order valence-corrected chi connectivity index (χ3v) is 4.23. The maximum Gasteiger partial charge on any atom is 0.309 e. The fraction of sp³-hybridized carbons (Fsp3) is 0.312. The molecule has 8 nitrogen and oxygen atoms in total. The average Bonchev–Trinajstić information content (AvgIpc) is 2.92.